The van der Waals surface area contributed by atoms with Gasteiger partial charge in [-0.1, -0.05) is 23.2 Å². The van der Waals surface area contributed by atoms with Crippen molar-refractivity contribution in [1.82, 2.24) is 24.6 Å². The highest BCUT2D eigenvalue weighted by molar-refractivity contribution is 7.07. The molecule has 2 bridgehead atoms. The van der Waals surface area contributed by atoms with Gasteiger partial charge in [0.25, 0.3) is 5.91 Å². The van der Waals surface area contributed by atoms with Gasteiger partial charge in [0.15, 0.2) is 11.6 Å². The average molecular weight is 440 g/mol. The number of halogens is 3. The van der Waals surface area contributed by atoms with Gasteiger partial charge in [-0.25, -0.2) is 9.37 Å². The van der Waals surface area contributed by atoms with Crippen molar-refractivity contribution in [3.8, 4) is 11.5 Å². The molecule has 1 saturated heterocycles. The van der Waals surface area contributed by atoms with E-state index < -0.39 is 11.9 Å². The second-order valence-corrected chi connectivity index (χ2v) is 7.98. The maximum absolute atomic E-state index is 13.6. The quantitative estimate of drug-likeness (QED) is 0.571. The zero-order valence-electron chi connectivity index (χ0n) is 14.2. The minimum Gasteiger partial charge on any atom is -0.377 e. The number of amides is 1. The topological polar surface area (TPSA) is 73.1 Å². The maximum Gasteiger partial charge on any atom is 0.256 e. The lowest BCUT2D eigenvalue weighted by Crippen LogP contribution is -2.56. The SMILES string of the molecule is O=C(c1ccc(F)c(Cl)c1Cl)N1[C@H]2COC[C@@H]1c1nnc(-c3cscn3)n1C2. The third-order valence-electron chi connectivity index (χ3n) is 4.95. The van der Waals surface area contributed by atoms with Crippen molar-refractivity contribution in [1.29, 1.82) is 0 Å². The third-order valence-corrected chi connectivity index (χ3v) is 6.39. The summed E-state index contributed by atoms with van der Waals surface area (Å²) >= 11 is 13.5. The molecular formula is C17H12Cl2FN5O2S. The first-order valence-corrected chi connectivity index (χ1v) is 10.1. The third kappa shape index (κ3) is 2.65. The molecule has 2 aliphatic rings. The fourth-order valence-electron chi connectivity index (χ4n) is 3.67. The van der Waals surface area contributed by atoms with E-state index >= 15 is 0 Å². The Balaban J connectivity index is 1.56. The lowest BCUT2D eigenvalue weighted by molar-refractivity contribution is -0.0569. The molecule has 2 aliphatic heterocycles. The summed E-state index contributed by atoms with van der Waals surface area (Å²) < 4.78 is 21.3. The number of nitrogens with zero attached hydrogens (tertiary/aromatic N) is 5. The fourth-order valence-corrected chi connectivity index (χ4v) is 4.60. The molecule has 1 aromatic carbocycles. The Morgan fingerprint density at radius 2 is 2.11 bits per heavy atom. The van der Waals surface area contributed by atoms with E-state index in [4.69, 9.17) is 27.9 Å². The van der Waals surface area contributed by atoms with Gasteiger partial charge >= 0.3 is 0 Å². The van der Waals surface area contributed by atoms with Crippen LogP contribution in [0.1, 0.15) is 22.2 Å². The largest absolute Gasteiger partial charge is 0.377 e. The molecule has 0 aliphatic carbocycles. The molecule has 28 heavy (non-hydrogen) atoms. The smallest absolute Gasteiger partial charge is 0.256 e. The van der Waals surface area contributed by atoms with Gasteiger partial charge in [-0.2, -0.15) is 0 Å². The predicted octanol–water partition coefficient (Wildman–Crippen LogP) is 3.44. The minimum absolute atomic E-state index is 0.0964. The monoisotopic (exact) mass is 439 g/mol. The number of hydrogen-bond acceptors (Lipinski definition) is 6. The van der Waals surface area contributed by atoms with Crippen LogP contribution in [0.5, 0.6) is 0 Å². The summed E-state index contributed by atoms with van der Waals surface area (Å²) in [5.41, 5.74) is 2.63. The van der Waals surface area contributed by atoms with Crippen molar-refractivity contribution < 1.29 is 13.9 Å². The molecule has 11 heteroatoms. The maximum atomic E-state index is 13.6. The second kappa shape index (κ2) is 6.77. The standard InChI is InChI=1S/C17H12Cl2FN5O2S/c18-13-9(1-2-10(20)14(13)19)17(26)25-8-3-24-15(11-6-28-7-21-11)22-23-16(24)12(25)5-27-4-8/h1-2,6-8,12H,3-5H2/t8-,12-/m1/s1. The Morgan fingerprint density at radius 1 is 1.25 bits per heavy atom. The van der Waals surface area contributed by atoms with Crippen LogP contribution >= 0.6 is 34.5 Å². The minimum atomic E-state index is -0.668. The first kappa shape index (κ1) is 18.0. The van der Waals surface area contributed by atoms with Crippen LogP contribution in [0.3, 0.4) is 0 Å². The number of rotatable bonds is 2. The summed E-state index contributed by atoms with van der Waals surface area (Å²) in [6.07, 6.45) is 0. The molecule has 2 atom stereocenters. The predicted molar refractivity (Wildman–Crippen MR) is 101 cm³/mol. The molecule has 7 nitrogen and oxygen atoms in total. The van der Waals surface area contributed by atoms with E-state index in [1.54, 1.807) is 10.4 Å². The highest BCUT2D eigenvalue weighted by atomic mass is 35.5. The van der Waals surface area contributed by atoms with Gasteiger partial charge in [0.05, 0.1) is 40.4 Å². The second-order valence-electron chi connectivity index (χ2n) is 6.51. The number of thiazole rings is 1. The summed E-state index contributed by atoms with van der Waals surface area (Å²) in [7, 11) is 0. The molecule has 3 aromatic rings. The molecule has 1 amide bonds. The zero-order chi connectivity index (χ0) is 19.4. The molecule has 0 N–H and O–H groups in total. The number of fused-ring (bicyclic) bond motifs is 4. The highest BCUT2D eigenvalue weighted by Gasteiger charge is 2.44. The van der Waals surface area contributed by atoms with E-state index in [2.05, 4.69) is 15.2 Å². The Labute approximate surface area is 172 Å². The molecule has 0 radical (unpaired) electrons. The van der Waals surface area contributed by atoms with E-state index in [9.17, 15) is 9.18 Å². The molecule has 1 fully saturated rings. The van der Waals surface area contributed by atoms with E-state index in [-0.39, 0.29) is 34.2 Å². The van der Waals surface area contributed by atoms with Crippen LogP contribution in [0, 0.1) is 5.82 Å². The summed E-state index contributed by atoms with van der Waals surface area (Å²) in [5, 5.41) is 10.1. The van der Waals surface area contributed by atoms with Crippen molar-refractivity contribution in [2.75, 3.05) is 13.2 Å². The first-order valence-electron chi connectivity index (χ1n) is 8.42. The van der Waals surface area contributed by atoms with Crippen molar-refractivity contribution >= 4 is 40.4 Å². The molecular weight excluding hydrogens is 428 g/mol. The summed E-state index contributed by atoms with van der Waals surface area (Å²) in [6.45, 7) is 1.11. The molecule has 2 aromatic heterocycles. The molecule has 0 unspecified atom stereocenters. The van der Waals surface area contributed by atoms with E-state index in [1.807, 2.05) is 9.95 Å². The molecule has 144 valence electrons. The highest BCUT2D eigenvalue weighted by Crippen LogP contribution is 2.37. The van der Waals surface area contributed by atoms with Crippen LogP contribution in [0.15, 0.2) is 23.0 Å². The first-order chi connectivity index (χ1) is 13.6. The Bertz CT molecular complexity index is 1070. The van der Waals surface area contributed by atoms with Gasteiger partial charge in [-0.15, -0.1) is 21.5 Å². The van der Waals surface area contributed by atoms with Gasteiger partial charge in [-0.05, 0) is 12.1 Å². The lowest BCUT2D eigenvalue weighted by atomic mass is 10.0. The van der Waals surface area contributed by atoms with Crippen LogP contribution in [-0.4, -0.2) is 49.8 Å². The van der Waals surface area contributed by atoms with E-state index in [0.717, 1.165) is 11.8 Å². The fraction of sp³-hybridized carbons (Fsp3) is 0.294. The number of ether oxygens (including phenoxy) is 1. The zero-order valence-corrected chi connectivity index (χ0v) is 16.5. The molecule has 0 spiro atoms. The van der Waals surface area contributed by atoms with Crippen LogP contribution in [0.25, 0.3) is 11.5 Å². The van der Waals surface area contributed by atoms with Gasteiger partial charge in [0.1, 0.15) is 17.6 Å². The summed E-state index contributed by atoms with van der Waals surface area (Å²) in [6, 6.07) is 1.81. The molecule has 4 heterocycles. The normalized spacial score (nSPS) is 20.9. The van der Waals surface area contributed by atoms with Crippen molar-refractivity contribution in [3.63, 3.8) is 0 Å². The number of hydrogen-bond donors (Lipinski definition) is 0. The summed E-state index contributed by atoms with van der Waals surface area (Å²) in [4.78, 5) is 19.3. The average Bonchev–Trinajstić information content (AvgIpc) is 3.35. The van der Waals surface area contributed by atoms with Crippen LogP contribution in [-0.2, 0) is 11.3 Å². The number of aromatic nitrogens is 4. The van der Waals surface area contributed by atoms with Crippen molar-refractivity contribution in [3.05, 3.63) is 50.3 Å². The van der Waals surface area contributed by atoms with Crippen LogP contribution in [0.4, 0.5) is 4.39 Å². The van der Waals surface area contributed by atoms with Gasteiger partial charge in [-0.3, -0.25) is 4.79 Å². The van der Waals surface area contributed by atoms with Gasteiger partial charge < -0.3 is 14.2 Å². The van der Waals surface area contributed by atoms with Crippen molar-refractivity contribution in [2.45, 2.75) is 18.6 Å². The Hall–Kier alpha value is -2.07. The lowest BCUT2D eigenvalue weighted by Gasteiger charge is -2.45. The van der Waals surface area contributed by atoms with E-state index in [1.165, 1.54) is 17.4 Å². The summed E-state index contributed by atoms with van der Waals surface area (Å²) in [5.74, 6) is 0.285. The molecule has 0 saturated carbocycles. The van der Waals surface area contributed by atoms with E-state index in [0.29, 0.717) is 24.8 Å². The van der Waals surface area contributed by atoms with Crippen LogP contribution in [0.2, 0.25) is 10.0 Å². The number of morpholine rings is 1. The van der Waals surface area contributed by atoms with Crippen molar-refractivity contribution in [2.24, 2.45) is 0 Å². The Kier molecular flexibility index (Phi) is 4.35. The van der Waals surface area contributed by atoms with Gasteiger partial charge in [0.2, 0.25) is 0 Å². The molecule has 5 rings (SSSR count). The Morgan fingerprint density at radius 3 is 2.89 bits per heavy atom. The van der Waals surface area contributed by atoms with Gasteiger partial charge in [0, 0.05) is 11.9 Å². The number of benzene rings is 1. The van der Waals surface area contributed by atoms with Crippen LogP contribution < -0.4 is 0 Å². The number of carbonyl (C=O) groups is 1. The number of carbonyl (C=O) groups excluding carboxylic acids is 1.